The molecule has 2 fully saturated rings. The van der Waals surface area contributed by atoms with Crippen molar-refractivity contribution >= 4 is 5.96 Å². The molecule has 0 spiro atoms. The van der Waals surface area contributed by atoms with E-state index in [1.165, 1.54) is 36.9 Å². The lowest BCUT2D eigenvalue weighted by Gasteiger charge is -2.36. The summed E-state index contributed by atoms with van der Waals surface area (Å²) in [7, 11) is 0. The van der Waals surface area contributed by atoms with E-state index in [-0.39, 0.29) is 0 Å². The van der Waals surface area contributed by atoms with Crippen molar-refractivity contribution in [3.05, 3.63) is 53.4 Å². The Bertz CT molecular complexity index is 844. The molecule has 7 nitrogen and oxygen atoms in total. The third-order valence-electron chi connectivity index (χ3n) is 6.72. The van der Waals surface area contributed by atoms with Crippen molar-refractivity contribution in [2.45, 2.75) is 58.8 Å². The molecule has 1 unspecified atom stereocenters. The van der Waals surface area contributed by atoms with Gasteiger partial charge >= 0.3 is 0 Å². The molecule has 0 radical (unpaired) electrons. The number of benzene rings is 1. The number of nitrogens with one attached hydrogen (secondary N) is 1. The van der Waals surface area contributed by atoms with Gasteiger partial charge in [-0.15, -0.1) is 0 Å². The van der Waals surface area contributed by atoms with Gasteiger partial charge in [-0.05, 0) is 44.4 Å². The topological polar surface area (TPSA) is 60.1 Å². The maximum absolute atomic E-state index is 5.05. The molecule has 3 heterocycles. The molecule has 2 aliphatic rings. The first-order valence-electron chi connectivity index (χ1n) is 12.2. The molecular formula is C25H38N6O. The Balaban J connectivity index is 1.37. The summed E-state index contributed by atoms with van der Waals surface area (Å²) in [6.45, 7) is 13.1. The fourth-order valence-corrected chi connectivity index (χ4v) is 4.73. The van der Waals surface area contributed by atoms with Crippen LogP contribution in [-0.2, 0) is 19.6 Å². The molecule has 1 aromatic heterocycles. The number of rotatable bonds is 7. The highest BCUT2D eigenvalue weighted by Crippen LogP contribution is 2.21. The van der Waals surface area contributed by atoms with Gasteiger partial charge in [-0.3, -0.25) is 9.80 Å². The van der Waals surface area contributed by atoms with E-state index in [0.717, 1.165) is 64.0 Å². The summed E-state index contributed by atoms with van der Waals surface area (Å²) in [5.41, 5.74) is 3.75. The zero-order valence-corrected chi connectivity index (χ0v) is 19.7. The second-order valence-corrected chi connectivity index (χ2v) is 9.01. The summed E-state index contributed by atoms with van der Waals surface area (Å²) in [5.74, 6) is 1.02. The maximum atomic E-state index is 5.05. The molecule has 32 heavy (non-hydrogen) atoms. The summed E-state index contributed by atoms with van der Waals surface area (Å²) in [5, 5.41) is 7.55. The minimum atomic E-state index is 0.672. The molecule has 1 N–H and O–H groups in total. The fourth-order valence-electron chi connectivity index (χ4n) is 4.73. The van der Waals surface area contributed by atoms with Gasteiger partial charge in [-0.2, -0.15) is 0 Å². The molecule has 7 heteroatoms. The van der Waals surface area contributed by atoms with E-state index in [9.17, 15) is 0 Å². The lowest BCUT2D eigenvalue weighted by atomic mass is 10.0. The largest absolute Gasteiger partial charge is 0.364 e. The number of hydrogen-bond acceptors (Lipinski definition) is 5. The van der Waals surface area contributed by atoms with Gasteiger partial charge in [0.25, 0.3) is 0 Å². The number of piperidine rings is 1. The summed E-state index contributed by atoms with van der Waals surface area (Å²) in [6, 6.07) is 11.4. The van der Waals surface area contributed by atoms with E-state index in [2.05, 4.69) is 63.3 Å². The number of hydrogen-bond donors (Lipinski definition) is 1. The molecular weight excluding hydrogens is 400 g/mol. The van der Waals surface area contributed by atoms with E-state index < -0.39 is 0 Å². The Morgan fingerprint density at radius 1 is 1.06 bits per heavy atom. The molecule has 4 rings (SSSR count). The van der Waals surface area contributed by atoms with Crippen LogP contribution in [0, 0.1) is 0 Å². The van der Waals surface area contributed by atoms with Gasteiger partial charge in [-0.25, -0.2) is 4.99 Å². The molecule has 174 valence electrons. The van der Waals surface area contributed by atoms with Gasteiger partial charge < -0.3 is 14.7 Å². The van der Waals surface area contributed by atoms with Crippen LogP contribution in [0.3, 0.4) is 0 Å². The Kier molecular flexibility index (Phi) is 8.18. The molecule has 0 bridgehead atoms. The van der Waals surface area contributed by atoms with Crippen molar-refractivity contribution in [1.29, 1.82) is 0 Å². The number of likely N-dealkylation sites (tertiary alicyclic amines) is 1. The van der Waals surface area contributed by atoms with Gasteiger partial charge in [0.1, 0.15) is 6.26 Å². The molecule has 0 saturated carbocycles. The monoisotopic (exact) mass is 438 g/mol. The third kappa shape index (κ3) is 6.11. The zero-order valence-electron chi connectivity index (χ0n) is 19.7. The quantitative estimate of drug-likeness (QED) is 0.529. The first-order valence-corrected chi connectivity index (χ1v) is 12.2. The van der Waals surface area contributed by atoms with Gasteiger partial charge in [0.15, 0.2) is 5.96 Å². The van der Waals surface area contributed by atoms with Crippen LogP contribution in [0.25, 0.3) is 0 Å². The van der Waals surface area contributed by atoms with Crippen LogP contribution in [0.1, 0.15) is 49.9 Å². The fraction of sp³-hybridized carbons (Fsp3) is 0.600. The highest BCUT2D eigenvalue weighted by molar-refractivity contribution is 5.80. The predicted octanol–water partition coefficient (Wildman–Crippen LogP) is 3.33. The first-order chi connectivity index (χ1) is 15.7. The second kappa shape index (κ2) is 11.5. The van der Waals surface area contributed by atoms with Crippen molar-refractivity contribution in [2.75, 3.05) is 39.3 Å². The standard InChI is InChI=1S/C25H38N6O/c1-3-26-25(30-15-13-29(14-16-30)20-24-11-17-32-28-24)27-18-22-9-4-5-10-23(22)19-31-12-7-6-8-21(31)2/h4-5,9-11,17,21H,3,6-8,12-16,18-20H2,1-2H3,(H,26,27). The van der Waals surface area contributed by atoms with Gasteiger partial charge in [0.2, 0.25) is 0 Å². The molecule has 2 aromatic rings. The lowest BCUT2D eigenvalue weighted by Crippen LogP contribution is -2.52. The second-order valence-electron chi connectivity index (χ2n) is 9.01. The van der Waals surface area contributed by atoms with Crippen molar-refractivity contribution in [1.82, 2.24) is 25.2 Å². The van der Waals surface area contributed by atoms with E-state index in [0.29, 0.717) is 6.04 Å². The molecule has 2 aliphatic heterocycles. The highest BCUT2D eigenvalue weighted by Gasteiger charge is 2.21. The normalized spacial score (nSPS) is 21.1. The molecule has 2 saturated heterocycles. The lowest BCUT2D eigenvalue weighted by molar-refractivity contribution is 0.152. The minimum absolute atomic E-state index is 0.672. The Morgan fingerprint density at radius 3 is 2.59 bits per heavy atom. The van der Waals surface area contributed by atoms with Crippen molar-refractivity contribution < 1.29 is 4.52 Å². The Morgan fingerprint density at radius 2 is 1.88 bits per heavy atom. The van der Waals surface area contributed by atoms with E-state index in [4.69, 9.17) is 9.52 Å². The van der Waals surface area contributed by atoms with E-state index >= 15 is 0 Å². The van der Waals surface area contributed by atoms with Crippen molar-refractivity contribution in [3.8, 4) is 0 Å². The zero-order chi connectivity index (χ0) is 22.2. The smallest absolute Gasteiger partial charge is 0.194 e. The first kappa shape index (κ1) is 22.8. The van der Waals surface area contributed by atoms with Crippen LogP contribution in [0.5, 0.6) is 0 Å². The highest BCUT2D eigenvalue weighted by atomic mass is 16.5. The molecule has 1 atom stereocenters. The van der Waals surface area contributed by atoms with Crippen molar-refractivity contribution in [2.24, 2.45) is 4.99 Å². The molecule has 0 amide bonds. The van der Waals surface area contributed by atoms with Crippen LogP contribution >= 0.6 is 0 Å². The predicted molar refractivity (Wildman–Crippen MR) is 128 cm³/mol. The summed E-state index contributed by atoms with van der Waals surface area (Å²) in [4.78, 5) is 12.5. The summed E-state index contributed by atoms with van der Waals surface area (Å²) in [6.07, 6.45) is 5.64. The number of aromatic nitrogens is 1. The number of aliphatic imine (C=N–C) groups is 1. The average Bonchev–Trinajstić information content (AvgIpc) is 3.33. The van der Waals surface area contributed by atoms with Crippen molar-refractivity contribution in [3.63, 3.8) is 0 Å². The Labute approximate surface area is 192 Å². The molecule has 1 aromatic carbocycles. The van der Waals surface area contributed by atoms with Crippen LogP contribution in [0.4, 0.5) is 0 Å². The number of nitrogens with zero attached hydrogens (tertiary/aromatic N) is 5. The number of guanidine groups is 1. The van der Waals surface area contributed by atoms with Crippen LogP contribution in [-0.4, -0.2) is 71.1 Å². The van der Waals surface area contributed by atoms with Crippen LogP contribution < -0.4 is 5.32 Å². The van der Waals surface area contributed by atoms with E-state index in [1.807, 2.05) is 6.07 Å². The molecule has 0 aliphatic carbocycles. The average molecular weight is 439 g/mol. The summed E-state index contributed by atoms with van der Waals surface area (Å²) < 4.78 is 4.97. The maximum Gasteiger partial charge on any atom is 0.194 e. The van der Waals surface area contributed by atoms with Crippen LogP contribution in [0.15, 0.2) is 46.1 Å². The minimum Gasteiger partial charge on any atom is -0.364 e. The van der Waals surface area contributed by atoms with Gasteiger partial charge in [0, 0.05) is 57.9 Å². The van der Waals surface area contributed by atoms with Gasteiger partial charge in [0.05, 0.1) is 12.2 Å². The Hall–Kier alpha value is -2.38. The summed E-state index contributed by atoms with van der Waals surface area (Å²) >= 11 is 0. The van der Waals surface area contributed by atoms with E-state index in [1.54, 1.807) is 6.26 Å². The third-order valence-corrected chi connectivity index (χ3v) is 6.72. The SMILES string of the molecule is CCNC(=NCc1ccccc1CN1CCCCC1C)N1CCN(Cc2ccon2)CC1. The van der Waals surface area contributed by atoms with Gasteiger partial charge in [-0.1, -0.05) is 35.8 Å². The van der Waals surface area contributed by atoms with Crippen LogP contribution in [0.2, 0.25) is 0 Å². The number of piperazine rings is 1.